The number of hydrogen-bond donors (Lipinski definition) is 0. The lowest BCUT2D eigenvalue weighted by atomic mass is 10.1. The molecule has 8 heteroatoms. The van der Waals surface area contributed by atoms with Crippen LogP contribution in [-0.4, -0.2) is 71.1 Å². The van der Waals surface area contributed by atoms with Gasteiger partial charge in [-0.25, -0.2) is 4.39 Å². The first-order valence-corrected chi connectivity index (χ1v) is 10.2. The van der Waals surface area contributed by atoms with Crippen molar-refractivity contribution in [2.24, 2.45) is 0 Å². The van der Waals surface area contributed by atoms with Crippen molar-refractivity contribution in [3.63, 3.8) is 0 Å². The summed E-state index contributed by atoms with van der Waals surface area (Å²) in [5, 5.41) is 0. The van der Waals surface area contributed by atoms with Gasteiger partial charge in [0.25, 0.3) is 17.7 Å². The van der Waals surface area contributed by atoms with Crippen LogP contribution in [0.5, 0.6) is 0 Å². The molecule has 2 heterocycles. The van der Waals surface area contributed by atoms with Crippen LogP contribution in [0.2, 0.25) is 0 Å². The van der Waals surface area contributed by atoms with Crippen LogP contribution in [0.1, 0.15) is 43.9 Å². The fourth-order valence-corrected chi connectivity index (χ4v) is 3.98. The second-order valence-corrected chi connectivity index (χ2v) is 7.59. The number of imide groups is 1. The largest absolute Gasteiger partial charge is 0.341 e. The summed E-state index contributed by atoms with van der Waals surface area (Å²) in [6.07, 6.45) is 0.628. The Labute approximate surface area is 179 Å². The molecule has 0 saturated carbocycles. The van der Waals surface area contributed by atoms with Gasteiger partial charge in [-0.2, -0.15) is 0 Å². The van der Waals surface area contributed by atoms with E-state index in [2.05, 4.69) is 0 Å². The van der Waals surface area contributed by atoms with Crippen molar-refractivity contribution in [2.75, 3.05) is 32.7 Å². The van der Waals surface area contributed by atoms with Gasteiger partial charge in [-0.05, 0) is 36.8 Å². The predicted octanol–water partition coefficient (Wildman–Crippen LogP) is 2.19. The van der Waals surface area contributed by atoms with Crippen LogP contribution in [0.25, 0.3) is 0 Å². The summed E-state index contributed by atoms with van der Waals surface area (Å²) in [5.74, 6) is -1.66. The van der Waals surface area contributed by atoms with E-state index in [0.717, 1.165) is 4.90 Å². The minimum absolute atomic E-state index is 0.0214. The highest BCUT2D eigenvalue weighted by Gasteiger charge is 2.35. The van der Waals surface area contributed by atoms with Gasteiger partial charge in [0.2, 0.25) is 5.91 Å². The van der Waals surface area contributed by atoms with Crippen molar-refractivity contribution in [1.29, 1.82) is 0 Å². The summed E-state index contributed by atoms with van der Waals surface area (Å²) >= 11 is 0. The van der Waals surface area contributed by atoms with Crippen LogP contribution in [0.15, 0.2) is 48.5 Å². The lowest BCUT2D eigenvalue weighted by Crippen LogP contribution is -2.39. The van der Waals surface area contributed by atoms with E-state index in [0.29, 0.717) is 43.7 Å². The minimum atomic E-state index is -0.467. The molecular weight excluding hydrogens is 401 g/mol. The molecule has 2 aliphatic heterocycles. The number of carbonyl (C=O) groups is 4. The van der Waals surface area contributed by atoms with Crippen LogP contribution in [0.4, 0.5) is 4.39 Å². The maximum absolute atomic E-state index is 13.4. The van der Waals surface area contributed by atoms with E-state index in [-0.39, 0.29) is 42.2 Å². The molecule has 2 aromatic carbocycles. The molecule has 31 heavy (non-hydrogen) atoms. The molecule has 4 amide bonds. The van der Waals surface area contributed by atoms with E-state index in [1.807, 2.05) is 0 Å². The van der Waals surface area contributed by atoms with Crippen molar-refractivity contribution >= 4 is 23.6 Å². The normalized spacial score (nSPS) is 16.4. The Morgan fingerprint density at radius 2 is 1.48 bits per heavy atom. The molecule has 160 valence electrons. The molecule has 0 atom stereocenters. The average Bonchev–Trinajstić information content (AvgIpc) is 2.94. The molecule has 0 aliphatic carbocycles. The van der Waals surface area contributed by atoms with Gasteiger partial charge in [0.1, 0.15) is 5.82 Å². The van der Waals surface area contributed by atoms with E-state index in [4.69, 9.17) is 0 Å². The number of benzene rings is 2. The molecule has 0 unspecified atom stereocenters. The van der Waals surface area contributed by atoms with Crippen LogP contribution in [-0.2, 0) is 4.79 Å². The highest BCUT2D eigenvalue weighted by atomic mass is 19.1. The van der Waals surface area contributed by atoms with Gasteiger partial charge >= 0.3 is 0 Å². The highest BCUT2D eigenvalue weighted by molar-refractivity contribution is 6.21. The zero-order valence-corrected chi connectivity index (χ0v) is 16.9. The Balaban J connectivity index is 1.33. The minimum Gasteiger partial charge on any atom is -0.341 e. The number of nitrogens with zero attached hydrogens (tertiary/aromatic N) is 3. The zero-order chi connectivity index (χ0) is 22.0. The van der Waals surface area contributed by atoms with Gasteiger partial charge in [0.05, 0.1) is 11.1 Å². The molecule has 0 aromatic heterocycles. The van der Waals surface area contributed by atoms with Crippen molar-refractivity contribution in [2.45, 2.75) is 12.8 Å². The van der Waals surface area contributed by atoms with Crippen molar-refractivity contribution in [3.05, 3.63) is 71.0 Å². The van der Waals surface area contributed by atoms with Gasteiger partial charge < -0.3 is 9.80 Å². The maximum atomic E-state index is 13.4. The van der Waals surface area contributed by atoms with E-state index >= 15 is 0 Å². The average molecular weight is 423 g/mol. The second-order valence-electron chi connectivity index (χ2n) is 7.59. The third kappa shape index (κ3) is 4.19. The lowest BCUT2D eigenvalue weighted by Gasteiger charge is -2.23. The van der Waals surface area contributed by atoms with E-state index < -0.39 is 5.82 Å². The first kappa shape index (κ1) is 20.7. The number of fused-ring (bicyclic) bond motifs is 1. The van der Waals surface area contributed by atoms with Gasteiger partial charge in [-0.1, -0.05) is 18.2 Å². The summed E-state index contributed by atoms with van der Waals surface area (Å²) in [6, 6.07) is 12.2. The van der Waals surface area contributed by atoms with Crippen molar-refractivity contribution in [1.82, 2.24) is 14.7 Å². The van der Waals surface area contributed by atoms with Crippen LogP contribution >= 0.6 is 0 Å². The van der Waals surface area contributed by atoms with Gasteiger partial charge in [0.15, 0.2) is 0 Å². The standard InChI is InChI=1S/C23H22FN3O4/c24-17-6-3-5-16(15-17)21(29)26-11-4-10-25(13-14-26)20(28)9-12-27-22(30)18-7-1-2-8-19(18)23(27)31/h1-3,5-8,15H,4,9-14H2. The molecule has 0 spiro atoms. The van der Waals surface area contributed by atoms with Crippen molar-refractivity contribution < 1.29 is 23.6 Å². The quantitative estimate of drug-likeness (QED) is 0.707. The Kier molecular flexibility index (Phi) is 5.79. The summed E-state index contributed by atoms with van der Waals surface area (Å²) < 4.78 is 13.4. The summed E-state index contributed by atoms with van der Waals surface area (Å²) in [5.41, 5.74) is 1.01. The maximum Gasteiger partial charge on any atom is 0.261 e. The SMILES string of the molecule is O=C(CCN1C(=O)c2ccccc2C1=O)N1CCCN(C(=O)c2cccc(F)c2)CC1. The Morgan fingerprint density at radius 1 is 0.839 bits per heavy atom. The smallest absolute Gasteiger partial charge is 0.261 e. The summed E-state index contributed by atoms with van der Waals surface area (Å²) in [7, 11) is 0. The lowest BCUT2D eigenvalue weighted by molar-refractivity contribution is -0.131. The zero-order valence-electron chi connectivity index (χ0n) is 16.9. The molecule has 2 aliphatic rings. The Hall–Kier alpha value is -3.55. The molecule has 0 N–H and O–H groups in total. The molecule has 1 fully saturated rings. The first-order valence-electron chi connectivity index (χ1n) is 10.2. The van der Waals surface area contributed by atoms with E-state index in [9.17, 15) is 23.6 Å². The molecular formula is C23H22FN3O4. The number of hydrogen-bond acceptors (Lipinski definition) is 4. The second kappa shape index (κ2) is 8.67. The first-order chi connectivity index (χ1) is 15.0. The Morgan fingerprint density at radius 3 is 2.16 bits per heavy atom. The third-order valence-electron chi connectivity index (χ3n) is 5.63. The van der Waals surface area contributed by atoms with E-state index in [1.54, 1.807) is 40.1 Å². The molecule has 7 nitrogen and oxygen atoms in total. The molecule has 0 radical (unpaired) electrons. The fraction of sp³-hybridized carbons (Fsp3) is 0.304. The topological polar surface area (TPSA) is 78.0 Å². The van der Waals surface area contributed by atoms with Crippen LogP contribution in [0, 0.1) is 5.82 Å². The summed E-state index contributed by atoms with van der Waals surface area (Å²) in [6.45, 7) is 1.66. The number of amides is 4. The number of carbonyl (C=O) groups excluding carboxylic acids is 4. The molecule has 0 bridgehead atoms. The predicted molar refractivity (Wildman–Crippen MR) is 110 cm³/mol. The fourth-order valence-electron chi connectivity index (χ4n) is 3.98. The van der Waals surface area contributed by atoms with Gasteiger partial charge in [-0.3, -0.25) is 24.1 Å². The van der Waals surface area contributed by atoms with Crippen molar-refractivity contribution in [3.8, 4) is 0 Å². The monoisotopic (exact) mass is 423 g/mol. The third-order valence-corrected chi connectivity index (χ3v) is 5.63. The van der Waals surface area contributed by atoms with Gasteiger partial charge in [0, 0.05) is 44.7 Å². The Bertz CT molecular complexity index is 1020. The van der Waals surface area contributed by atoms with E-state index in [1.165, 1.54) is 18.2 Å². The molecule has 4 rings (SSSR count). The molecule has 1 saturated heterocycles. The van der Waals surface area contributed by atoms with Crippen LogP contribution in [0.3, 0.4) is 0 Å². The molecule has 2 aromatic rings. The highest BCUT2D eigenvalue weighted by Crippen LogP contribution is 2.22. The van der Waals surface area contributed by atoms with Crippen LogP contribution < -0.4 is 0 Å². The number of halogens is 1. The number of rotatable bonds is 4. The summed E-state index contributed by atoms with van der Waals surface area (Å²) in [4.78, 5) is 54.6. The van der Waals surface area contributed by atoms with Gasteiger partial charge in [-0.15, -0.1) is 0 Å².